The molecule has 100 valence electrons. The number of aromatic nitrogens is 2. The van der Waals surface area contributed by atoms with Crippen molar-refractivity contribution < 1.29 is 0 Å². The minimum atomic E-state index is 0.727. The van der Waals surface area contributed by atoms with E-state index >= 15 is 0 Å². The number of hydrogen-bond donors (Lipinski definition) is 1. The van der Waals surface area contributed by atoms with Crippen molar-refractivity contribution in [3.63, 3.8) is 0 Å². The summed E-state index contributed by atoms with van der Waals surface area (Å²) < 4.78 is 0. The number of rotatable bonds is 5. The summed E-state index contributed by atoms with van der Waals surface area (Å²) in [6.45, 7) is 4.03. The molecule has 0 spiro atoms. The standard InChI is InChI=1S/C14H24N4/c1-3-15-14-16-10-9-13(17-14)18(2)11-12-7-5-4-6-8-12/h9-10,12H,3-8,11H2,1-2H3,(H,15,16,17). The Morgan fingerprint density at radius 2 is 2.11 bits per heavy atom. The molecule has 0 atom stereocenters. The summed E-state index contributed by atoms with van der Waals surface area (Å²) in [5.41, 5.74) is 0. The van der Waals surface area contributed by atoms with E-state index in [-0.39, 0.29) is 0 Å². The monoisotopic (exact) mass is 248 g/mol. The zero-order chi connectivity index (χ0) is 12.8. The zero-order valence-corrected chi connectivity index (χ0v) is 11.5. The minimum Gasteiger partial charge on any atom is -0.359 e. The van der Waals surface area contributed by atoms with Crippen molar-refractivity contribution in [2.75, 3.05) is 30.4 Å². The lowest BCUT2D eigenvalue weighted by atomic mass is 9.89. The molecule has 0 aliphatic heterocycles. The molecule has 0 radical (unpaired) electrons. The molecule has 1 aliphatic carbocycles. The van der Waals surface area contributed by atoms with Gasteiger partial charge in [-0.15, -0.1) is 0 Å². The quantitative estimate of drug-likeness (QED) is 0.870. The van der Waals surface area contributed by atoms with E-state index in [2.05, 4.69) is 34.2 Å². The first-order chi connectivity index (χ1) is 8.79. The van der Waals surface area contributed by atoms with Gasteiger partial charge in [-0.1, -0.05) is 19.3 Å². The van der Waals surface area contributed by atoms with Crippen LogP contribution in [0.2, 0.25) is 0 Å². The first kappa shape index (κ1) is 13.1. The lowest BCUT2D eigenvalue weighted by Crippen LogP contribution is -2.27. The fourth-order valence-corrected chi connectivity index (χ4v) is 2.66. The Morgan fingerprint density at radius 3 is 2.83 bits per heavy atom. The second-order valence-electron chi connectivity index (χ2n) is 5.15. The molecule has 1 N–H and O–H groups in total. The van der Waals surface area contributed by atoms with Crippen molar-refractivity contribution in [2.24, 2.45) is 5.92 Å². The Morgan fingerprint density at radius 1 is 1.33 bits per heavy atom. The first-order valence-electron chi connectivity index (χ1n) is 7.07. The fraction of sp³-hybridized carbons (Fsp3) is 0.714. The lowest BCUT2D eigenvalue weighted by Gasteiger charge is -2.27. The third-order valence-electron chi connectivity index (χ3n) is 3.62. The fourth-order valence-electron chi connectivity index (χ4n) is 2.66. The van der Waals surface area contributed by atoms with Gasteiger partial charge in [0.25, 0.3) is 0 Å². The Bertz CT molecular complexity index is 361. The van der Waals surface area contributed by atoms with Gasteiger partial charge in [-0.25, -0.2) is 4.98 Å². The molecule has 0 bridgehead atoms. The Hall–Kier alpha value is -1.32. The molecule has 1 fully saturated rings. The minimum absolute atomic E-state index is 0.727. The van der Waals surface area contributed by atoms with Crippen LogP contribution in [0.5, 0.6) is 0 Å². The maximum Gasteiger partial charge on any atom is 0.224 e. The third-order valence-corrected chi connectivity index (χ3v) is 3.62. The van der Waals surface area contributed by atoms with E-state index in [1.54, 1.807) is 0 Å². The third kappa shape index (κ3) is 3.59. The average molecular weight is 248 g/mol. The van der Waals surface area contributed by atoms with Crippen LogP contribution in [0.1, 0.15) is 39.0 Å². The molecule has 0 amide bonds. The van der Waals surface area contributed by atoms with Gasteiger partial charge in [-0.2, -0.15) is 4.98 Å². The highest BCUT2D eigenvalue weighted by atomic mass is 15.2. The second kappa shape index (κ2) is 6.57. The summed E-state index contributed by atoms with van der Waals surface area (Å²) in [6, 6.07) is 1.99. The lowest BCUT2D eigenvalue weighted by molar-refractivity contribution is 0.361. The van der Waals surface area contributed by atoms with E-state index < -0.39 is 0 Å². The summed E-state index contributed by atoms with van der Waals surface area (Å²) in [5.74, 6) is 2.58. The number of hydrogen-bond acceptors (Lipinski definition) is 4. The first-order valence-corrected chi connectivity index (χ1v) is 7.07. The summed E-state index contributed by atoms with van der Waals surface area (Å²) in [4.78, 5) is 11.0. The average Bonchev–Trinajstić information content (AvgIpc) is 2.40. The van der Waals surface area contributed by atoms with E-state index in [0.29, 0.717) is 0 Å². The highest BCUT2D eigenvalue weighted by molar-refractivity contribution is 5.41. The molecule has 0 unspecified atom stereocenters. The van der Waals surface area contributed by atoms with Crippen LogP contribution in [0.25, 0.3) is 0 Å². The van der Waals surface area contributed by atoms with Crippen molar-refractivity contribution in [2.45, 2.75) is 39.0 Å². The van der Waals surface area contributed by atoms with E-state index in [4.69, 9.17) is 0 Å². The summed E-state index contributed by atoms with van der Waals surface area (Å²) in [6.07, 6.45) is 8.77. The molecule has 1 saturated carbocycles. The highest BCUT2D eigenvalue weighted by Gasteiger charge is 2.16. The summed E-state index contributed by atoms with van der Waals surface area (Å²) in [7, 11) is 2.13. The van der Waals surface area contributed by atoms with Crippen LogP contribution in [0.4, 0.5) is 11.8 Å². The smallest absolute Gasteiger partial charge is 0.224 e. The van der Waals surface area contributed by atoms with Crippen LogP contribution in [0.3, 0.4) is 0 Å². The van der Waals surface area contributed by atoms with Gasteiger partial charge in [-0.3, -0.25) is 0 Å². The van der Waals surface area contributed by atoms with Gasteiger partial charge in [0.15, 0.2) is 0 Å². The summed E-state index contributed by atoms with van der Waals surface area (Å²) >= 11 is 0. The van der Waals surface area contributed by atoms with E-state index in [9.17, 15) is 0 Å². The van der Waals surface area contributed by atoms with Crippen molar-refractivity contribution >= 4 is 11.8 Å². The molecule has 4 heteroatoms. The predicted molar refractivity (Wildman–Crippen MR) is 76.0 cm³/mol. The molecule has 4 nitrogen and oxygen atoms in total. The Balaban J connectivity index is 1.94. The molecular weight excluding hydrogens is 224 g/mol. The van der Waals surface area contributed by atoms with Crippen molar-refractivity contribution in [3.05, 3.63) is 12.3 Å². The Kier molecular flexibility index (Phi) is 4.79. The van der Waals surface area contributed by atoms with Gasteiger partial charge in [0, 0.05) is 26.3 Å². The van der Waals surface area contributed by atoms with Crippen LogP contribution in [-0.2, 0) is 0 Å². The van der Waals surface area contributed by atoms with Crippen molar-refractivity contribution in [1.82, 2.24) is 9.97 Å². The molecule has 0 aromatic carbocycles. The largest absolute Gasteiger partial charge is 0.359 e. The molecule has 2 rings (SSSR count). The molecule has 1 aromatic heterocycles. The van der Waals surface area contributed by atoms with Gasteiger partial charge in [0.1, 0.15) is 5.82 Å². The molecule has 1 heterocycles. The van der Waals surface area contributed by atoms with E-state index in [1.807, 2.05) is 12.3 Å². The van der Waals surface area contributed by atoms with Crippen molar-refractivity contribution in [1.29, 1.82) is 0 Å². The number of anilines is 2. The maximum atomic E-state index is 4.53. The molecule has 1 aliphatic rings. The molecule has 18 heavy (non-hydrogen) atoms. The van der Waals surface area contributed by atoms with Gasteiger partial charge in [0.05, 0.1) is 0 Å². The van der Waals surface area contributed by atoms with E-state index in [0.717, 1.165) is 30.8 Å². The second-order valence-corrected chi connectivity index (χ2v) is 5.15. The number of nitrogens with zero attached hydrogens (tertiary/aromatic N) is 3. The van der Waals surface area contributed by atoms with Crippen LogP contribution < -0.4 is 10.2 Å². The summed E-state index contributed by atoms with van der Waals surface area (Å²) in [5, 5.41) is 3.16. The zero-order valence-electron chi connectivity index (χ0n) is 11.5. The molecule has 1 aromatic rings. The van der Waals surface area contributed by atoms with Crippen LogP contribution in [0.15, 0.2) is 12.3 Å². The maximum absolute atomic E-state index is 4.53. The van der Waals surface area contributed by atoms with Gasteiger partial charge < -0.3 is 10.2 Å². The van der Waals surface area contributed by atoms with Gasteiger partial charge in [0.2, 0.25) is 5.95 Å². The SMILES string of the molecule is CCNc1nccc(N(C)CC2CCCCC2)n1. The highest BCUT2D eigenvalue weighted by Crippen LogP contribution is 2.25. The molecule has 0 saturated heterocycles. The Labute approximate surface area is 110 Å². The predicted octanol–water partition coefficient (Wildman–Crippen LogP) is 2.92. The topological polar surface area (TPSA) is 41.1 Å². The molecular formula is C14H24N4. The van der Waals surface area contributed by atoms with Crippen molar-refractivity contribution in [3.8, 4) is 0 Å². The van der Waals surface area contributed by atoms with E-state index in [1.165, 1.54) is 32.1 Å². The van der Waals surface area contributed by atoms with Crippen LogP contribution in [0, 0.1) is 5.92 Å². The van der Waals surface area contributed by atoms with Crippen LogP contribution >= 0.6 is 0 Å². The van der Waals surface area contributed by atoms with Gasteiger partial charge >= 0.3 is 0 Å². The number of nitrogens with one attached hydrogen (secondary N) is 1. The normalized spacial score (nSPS) is 16.6. The van der Waals surface area contributed by atoms with Gasteiger partial charge in [-0.05, 0) is 31.7 Å². The van der Waals surface area contributed by atoms with Crippen LogP contribution in [-0.4, -0.2) is 30.1 Å².